The molecule has 0 radical (unpaired) electrons. The average Bonchev–Trinajstić information content (AvgIpc) is 2.15. The summed E-state index contributed by atoms with van der Waals surface area (Å²) in [6.07, 6.45) is 5.24. The van der Waals surface area contributed by atoms with E-state index in [4.69, 9.17) is 5.26 Å². The Hall–Kier alpha value is -0.630. The van der Waals surface area contributed by atoms with Gasteiger partial charge in [-0.1, -0.05) is 13.3 Å². The third kappa shape index (κ3) is 2.96. The zero-order valence-corrected chi connectivity index (χ0v) is 9.71. The van der Waals surface area contributed by atoms with Gasteiger partial charge in [0.1, 0.15) is 6.07 Å². The first-order valence-corrected chi connectivity index (χ1v) is 5.40. The highest BCUT2D eigenvalue weighted by Gasteiger charge is 2.01. The maximum atomic E-state index is 8.67. The lowest BCUT2D eigenvalue weighted by atomic mass is 10.1. The van der Waals surface area contributed by atoms with E-state index < -0.39 is 0 Å². The van der Waals surface area contributed by atoms with Crippen molar-refractivity contribution in [1.82, 2.24) is 4.98 Å². The number of aryl methyl sites for hydroxylation is 1. The fourth-order valence-corrected chi connectivity index (χ4v) is 1.74. The Labute approximate surface area is 92.1 Å². The highest BCUT2D eigenvalue weighted by Crippen LogP contribution is 2.12. The average molecular weight is 286 g/mol. The summed E-state index contributed by atoms with van der Waals surface area (Å²) in [5.41, 5.74) is 1.76. The molecule has 0 unspecified atom stereocenters. The molecule has 1 aromatic rings. The van der Waals surface area contributed by atoms with Crippen molar-refractivity contribution in [2.75, 3.05) is 0 Å². The van der Waals surface area contributed by atoms with Gasteiger partial charge in [-0.25, -0.2) is 4.98 Å². The summed E-state index contributed by atoms with van der Waals surface area (Å²) in [4.78, 5) is 4.08. The molecule has 13 heavy (non-hydrogen) atoms. The predicted octanol–water partition coefficient (Wildman–Crippen LogP) is 2.90. The van der Waals surface area contributed by atoms with E-state index in [2.05, 4.69) is 40.6 Å². The molecule has 1 heterocycles. The molecule has 0 amide bonds. The Morgan fingerprint density at radius 1 is 1.62 bits per heavy atom. The molecule has 0 fully saturated rings. The third-order valence-electron chi connectivity index (χ3n) is 1.82. The molecule has 0 N–H and O–H groups in total. The molecule has 2 nitrogen and oxygen atoms in total. The lowest BCUT2D eigenvalue weighted by molar-refractivity contribution is 0.791. The van der Waals surface area contributed by atoms with Gasteiger partial charge < -0.3 is 0 Å². The second kappa shape index (κ2) is 5.18. The number of nitrogens with zero attached hydrogens (tertiary/aromatic N) is 2. The summed E-state index contributed by atoms with van der Waals surface area (Å²) >= 11 is 2.15. The summed E-state index contributed by atoms with van der Waals surface area (Å²) in [5, 5.41) is 8.67. The summed E-state index contributed by atoms with van der Waals surface area (Å²) in [6, 6.07) is 4.10. The normalized spacial score (nSPS) is 9.62. The smallest absolute Gasteiger partial charge is 0.153 e. The first-order chi connectivity index (χ1) is 6.27. The van der Waals surface area contributed by atoms with Crippen molar-refractivity contribution >= 4 is 22.6 Å². The molecular weight excluding hydrogens is 275 g/mol. The summed E-state index contributed by atoms with van der Waals surface area (Å²) in [6.45, 7) is 2.17. The monoisotopic (exact) mass is 286 g/mol. The zero-order valence-electron chi connectivity index (χ0n) is 7.55. The second-order valence-corrected chi connectivity index (χ2v) is 4.05. The van der Waals surface area contributed by atoms with Crippen molar-refractivity contribution in [2.45, 2.75) is 26.2 Å². The summed E-state index contributed by atoms with van der Waals surface area (Å²) in [5.74, 6) is 0. The highest BCUT2D eigenvalue weighted by molar-refractivity contribution is 14.1. The molecule has 0 atom stereocenters. The number of unbranched alkanes of at least 4 members (excludes halogenated alkanes) is 1. The first-order valence-electron chi connectivity index (χ1n) is 4.32. The van der Waals surface area contributed by atoms with E-state index in [0.29, 0.717) is 5.69 Å². The van der Waals surface area contributed by atoms with Gasteiger partial charge in [-0.15, -0.1) is 0 Å². The van der Waals surface area contributed by atoms with Crippen LogP contribution >= 0.6 is 22.6 Å². The molecule has 68 valence electrons. The summed E-state index contributed by atoms with van der Waals surface area (Å²) < 4.78 is 0.953. The third-order valence-corrected chi connectivity index (χ3v) is 2.65. The van der Waals surface area contributed by atoms with Crippen molar-refractivity contribution in [1.29, 1.82) is 5.26 Å². The number of hydrogen-bond donors (Lipinski definition) is 0. The predicted molar refractivity (Wildman–Crippen MR) is 60.3 cm³/mol. The van der Waals surface area contributed by atoms with E-state index in [0.717, 1.165) is 9.99 Å². The first kappa shape index (κ1) is 10.5. The molecule has 3 heteroatoms. The van der Waals surface area contributed by atoms with Gasteiger partial charge in [-0.2, -0.15) is 5.26 Å². The van der Waals surface area contributed by atoms with Crippen LogP contribution in [0, 0.1) is 14.9 Å². The van der Waals surface area contributed by atoms with Gasteiger partial charge in [-0.05, 0) is 47.1 Å². The Bertz CT molecular complexity index is 328. The molecule has 0 aliphatic heterocycles. The van der Waals surface area contributed by atoms with E-state index in [1.165, 1.54) is 18.4 Å². The molecular formula is C10H11IN2. The molecule has 1 aromatic heterocycles. The Balaban J connectivity index is 2.79. The topological polar surface area (TPSA) is 36.7 Å². The SMILES string of the molecule is CCCCc1cnc(C#N)c(I)c1. The van der Waals surface area contributed by atoms with Crippen LogP contribution in [0.2, 0.25) is 0 Å². The van der Waals surface area contributed by atoms with Crippen molar-refractivity contribution in [3.63, 3.8) is 0 Å². The van der Waals surface area contributed by atoms with E-state index in [1.54, 1.807) is 6.20 Å². The Kier molecular flexibility index (Phi) is 4.16. The molecule has 0 aromatic carbocycles. The van der Waals surface area contributed by atoms with Gasteiger partial charge in [0.25, 0.3) is 0 Å². The van der Waals surface area contributed by atoms with Crippen LogP contribution < -0.4 is 0 Å². The van der Waals surface area contributed by atoms with Gasteiger partial charge in [0.05, 0.1) is 0 Å². The van der Waals surface area contributed by atoms with E-state index >= 15 is 0 Å². The molecule has 1 rings (SSSR count). The summed E-state index contributed by atoms with van der Waals surface area (Å²) in [7, 11) is 0. The lowest BCUT2D eigenvalue weighted by Crippen LogP contribution is -1.92. The number of rotatable bonds is 3. The van der Waals surface area contributed by atoms with E-state index in [1.807, 2.05) is 6.07 Å². The minimum Gasteiger partial charge on any atom is -0.244 e. The van der Waals surface area contributed by atoms with Crippen LogP contribution in [-0.4, -0.2) is 4.98 Å². The quantitative estimate of drug-likeness (QED) is 0.801. The van der Waals surface area contributed by atoms with E-state index in [9.17, 15) is 0 Å². The van der Waals surface area contributed by atoms with Crippen LogP contribution in [0.5, 0.6) is 0 Å². The fourth-order valence-electron chi connectivity index (χ4n) is 1.08. The largest absolute Gasteiger partial charge is 0.244 e. The minimum absolute atomic E-state index is 0.529. The number of nitriles is 1. The Morgan fingerprint density at radius 2 is 2.38 bits per heavy atom. The number of hydrogen-bond acceptors (Lipinski definition) is 2. The minimum atomic E-state index is 0.529. The van der Waals surface area contributed by atoms with Gasteiger partial charge in [-0.3, -0.25) is 0 Å². The standard InChI is InChI=1S/C10H11IN2/c1-2-3-4-8-5-9(11)10(6-12)13-7-8/h5,7H,2-4H2,1H3. The van der Waals surface area contributed by atoms with Crippen LogP contribution in [0.15, 0.2) is 12.3 Å². The number of pyridine rings is 1. The van der Waals surface area contributed by atoms with Gasteiger partial charge in [0.2, 0.25) is 0 Å². The van der Waals surface area contributed by atoms with Gasteiger partial charge >= 0.3 is 0 Å². The van der Waals surface area contributed by atoms with Crippen LogP contribution in [0.3, 0.4) is 0 Å². The lowest BCUT2D eigenvalue weighted by Gasteiger charge is -2.00. The maximum Gasteiger partial charge on any atom is 0.153 e. The number of aromatic nitrogens is 1. The highest BCUT2D eigenvalue weighted by atomic mass is 127. The molecule has 0 aliphatic rings. The van der Waals surface area contributed by atoms with Gasteiger partial charge in [0, 0.05) is 9.77 Å². The van der Waals surface area contributed by atoms with Crippen molar-refractivity contribution < 1.29 is 0 Å². The van der Waals surface area contributed by atoms with Crippen molar-refractivity contribution in [3.8, 4) is 6.07 Å². The number of halogens is 1. The van der Waals surface area contributed by atoms with Crippen LogP contribution in [-0.2, 0) is 6.42 Å². The van der Waals surface area contributed by atoms with Crippen LogP contribution in [0.4, 0.5) is 0 Å². The van der Waals surface area contributed by atoms with Crippen LogP contribution in [0.1, 0.15) is 31.0 Å². The molecule has 0 spiro atoms. The molecule has 0 bridgehead atoms. The van der Waals surface area contributed by atoms with E-state index in [-0.39, 0.29) is 0 Å². The second-order valence-electron chi connectivity index (χ2n) is 2.89. The van der Waals surface area contributed by atoms with Gasteiger partial charge in [0.15, 0.2) is 5.69 Å². The fraction of sp³-hybridized carbons (Fsp3) is 0.400. The maximum absolute atomic E-state index is 8.67. The van der Waals surface area contributed by atoms with Crippen LogP contribution in [0.25, 0.3) is 0 Å². The zero-order chi connectivity index (χ0) is 9.68. The van der Waals surface area contributed by atoms with Crippen molar-refractivity contribution in [3.05, 3.63) is 27.1 Å². The van der Waals surface area contributed by atoms with Crippen molar-refractivity contribution in [2.24, 2.45) is 0 Å². The molecule has 0 saturated carbocycles. The Morgan fingerprint density at radius 3 is 2.92 bits per heavy atom. The molecule has 0 aliphatic carbocycles. The molecule has 0 saturated heterocycles.